The summed E-state index contributed by atoms with van der Waals surface area (Å²) >= 11 is 0. The maximum atomic E-state index is 14.3. The van der Waals surface area contributed by atoms with E-state index in [1.54, 1.807) is 21.9 Å². The Morgan fingerprint density at radius 3 is 2.44 bits per heavy atom. The van der Waals surface area contributed by atoms with E-state index in [2.05, 4.69) is 11.3 Å². The lowest BCUT2D eigenvalue weighted by atomic mass is 10.0. The molecule has 2 aromatic rings. The van der Waals surface area contributed by atoms with Crippen LogP contribution in [0.25, 0.3) is 0 Å². The fourth-order valence-corrected chi connectivity index (χ4v) is 5.19. The average molecular weight is 488 g/mol. The highest BCUT2D eigenvalue weighted by molar-refractivity contribution is 7.89. The van der Waals surface area contributed by atoms with Crippen LogP contribution in [0.5, 0.6) is 0 Å². The predicted molar refractivity (Wildman–Crippen MR) is 128 cm³/mol. The summed E-state index contributed by atoms with van der Waals surface area (Å²) in [6.45, 7) is 6.85. The van der Waals surface area contributed by atoms with Gasteiger partial charge in [-0.25, -0.2) is 17.5 Å². The van der Waals surface area contributed by atoms with Crippen LogP contribution in [0.1, 0.15) is 46.9 Å². The Morgan fingerprint density at radius 1 is 1.15 bits per heavy atom. The van der Waals surface area contributed by atoms with Crippen LogP contribution in [0.15, 0.2) is 66.1 Å². The van der Waals surface area contributed by atoms with E-state index >= 15 is 0 Å². The number of nitrogens with zero attached hydrogens (tertiary/aromatic N) is 2. The van der Waals surface area contributed by atoms with Crippen molar-refractivity contribution in [3.63, 3.8) is 0 Å². The molecule has 2 amide bonds. The van der Waals surface area contributed by atoms with Crippen molar-refractivity contribution < 1.29 is 22.4 Å². The molecule has 9 heteroatoms. The number of carbonyl (C=O) groups excluding carboxylic acids is 2. The quantitative estimate of drug-likeness (QED) is 0.549. The number of rotatable bonds is 9. The second kappa shape index (κ2) is 11.4. The normalized spacial score (nSPS) is 14.6. The molecule has 7 nitrogen and oxygen atoms in total. The van der Waals surface area contributed by atoms with Crippen molar-refractivity contribution >= 4 is 21.8 Å². The van der Waals surface area contributed by atoms with Gasteiger partial charge >= 0.3 is 0 Å². The Kier molecular flexibility index (Phi) is 8.57. The van der Waals surface area contributed by atoms with Crippen LogP contribution in [-0.2, 0) is 10.0 Å². The number of hydrogen-bond donors (Lipinski definition) is 1. The van der Waals surface area contributed by atoms with Crippen molar-refractivity contribution in [2.75, 3.05) is 26.2 Å². The molecule has 1 N–H and O–H groups in total. The zero-order valence-electron chi connectivity index (χ0n) is 19.2. The third-order valence-electron chi connectivity index (χ3n) is 5.82. The van der Waals surface area contributed by atoms with Crippen LogP contribution in [0.2, 0.25) is 0 Å². The Labute approximate surface area is 200 Å². The maximum Gasteiger partial charge on any atom is 0.254 e. The Bertz CT molecular complexity index is 1130. The van der Waals surface area contributed by atoms with Gasteiger partial charge in [0.25, 0.3) is 11.8 Å². The SMILES string of the molecule is C=CCNS(=O)(=O)c1cc(C(=O)N(CCC)C2CCN(C(=O)c3ccccc3)CC2)ccc1F. The van der Waals surface area contributed by atoms with Gasteiger partial charge in [-0.15, -0.1) is 6.58 Å². The number of piperidine rings is 1. The number of benzene rings is 2. The Balaban J connectivity index is 1.76. The van der Waals surface area contributed by atoms with Gasteiger partial charge in [0.15, 0.2) is 0 Å². The summed E-state index contributed by atoms with van der Waals surface area (Å²) in [5.41, 5.74) is 0.740. The summed E-state index contributed by atoms with van der Waals surface area (Å²) in [6.07, 6.45) is 3.28. The van der Waals surface area contributed by atoms with Gasteiger partial charge in [-0.2, -0.15) is 0 Å². The summed E-state index contributed by atoms with van der Waals surface area (Å²) in [4.78, 5) is 29.0. The Morgan fingerprint density at radius 2 is 1.82 bits per heavy atom. The summed E-state index contributed by atoms with van der Waals surface area (Å²) in [6, 6.07) is 12.4. The van der Waals surface area contributed by atoms with Crippen LogP contribution >= 0.6 is 0 Å². The zero-order valence-corrected chi connectivity index (χ0v) is 20.1. The number of carbonyl (C=O) groups is 2. The molecule has 1 aliphatic heterocycles. The standard InChI is InChI=1S/C25H30FN3O4S/c1-3-14-27-34(32,33)23-18-20(10-11-22(23)26)25(31)29(15-4-2)21-12-16-28(17-13-21)24(30)19-8-6-5-7-9-19/h3,5-11,18,21,27H,1,4,12-17H2,2H3. The lowest BCUT2D eigenvalue weighted by Gasteiger charge is -2.38. The van der Waals surface area contributed by atoms with Crippen molar-refractivity contribution in [1.29, 1.82) is 0 Å². The van der Waals surface area contributed by atoms with Crippen molar-refractivity contribution in [2.24, 2.45) is 0 Å². The van der Waals surface area contributed by atoms with Crippen molar-refractivity contribution in [1.82, 2.24) is 14.5 Å². The van der Waals surface area contributed by atoms with E-state index in [9.17, 15) is 22.4 Å². The first-order valence-electron chi connectivity index (χ1n) is 11.3. The predicted octanol–water partition coefficient (Wildman–Crippen LogP) is 3.45. The number of likely N-dealkylation sites (tertiary alicyclic amines) is 1. The monoisotopic (exact) mass is 487 g/mol. The molecule has 0 saturated carbocycles. The minimum absolute atomic E-state index is 0.0344. The highest BCUT2D eigenvalue weighted by Crippen LogP contribution is 2.23. The van der Waals surface area contributed by atoms with Gasteiger partial charge in [0.05, 0.1) is 0 Å². The summed E-state index contributed by atoms with van der Waals surface area (Å²) < 4.78 is 41.4. The maximum absolute atomic E-state index is 14.3. The highest BCUT2D eigenvalue weighted by atomic mass is 32.2. The molecular weight excluding hydrogens is 457 g/mol. The smallest absolute Gasteiger partial charge is 0.254 e. The largest absolute Gasteiger partial charge is 0.338 e. The molecular formula is C25H30FN3O4S. The van der Waals surface area contributed by atoms with E-state index in [-0.39, 0.29) is 30.0 Å². The molecule has 1 saturated heterocycles. The topological polar surface area (TPSA) is 86.8 Å². The van der Waals surface area contributed by atoms with Crippen LogP contribution in [0.4, 0.5) is 4.39 Å². The van der Waals surface area contributed by atoms with Gasteiger partial charge < -0.3 is 9.80 Å². The molecule has 34 heavy (non-hydrogen) atoms. The lowest BCUT2D eigenvalue weighted by molar-refractivity contribution is 0.0519. The fourth-order valence-electron chi connectivity index (χ4n) is 4.09. The van der Waals surface area contributed by atoms with Crippen molar-refractivity contribution in [3.8, 4) is 0 Å². The number of halogens is 1. The molecule has 0 atom stereocenters. The van der Waals surface area contributed by atoms with Crippen LogP contribution in [-0.4, -0.2) is 62.3 Å². The van der Waals surface area contributed by atoms with Crippen LogP contribution in [0.3, 0.4) is 0 Å². The number of hydrogen-bond acceptors (Lipinski definition) is 4. The van der Waals surface area contributed by atoms with Crippen molar-refractivity contribution in [3.05, 3.63) is 78.1 Å². The van der Waals surface area contributed by atoms with E-state index in [0.717, 1.165) is 12.1 Å². The molecule has 2 aromatic carbocycles. The first kappa shape index (κ1) is 25.6. The van der Waals surface area contributed by atoms with E-state index < -0.39 is 20.7 Å². The summed E-state index contributed by atoms with van der Waals surface area (Å²) in [5.74, 6) is -1.31. The molecule has 1 aliphatic rings. The Hall–Kier alpha value is -3.04. The van der Waals surface area contributed by atoms with Gasteiger partial charge in [0, 0.05) is 43.3 Å². The van der Waals surface area contributed by atoms with E-state index in [4.69, 9.17) is 0 Å². The van der Waals surface area contributed by atoms with Crippen molar-refractivity contribution in [2.45, 2.75) is 37.1 Å². The third kappa shape index (κ3) is 5.90. The highest BCUT2D eigenvalue weighted by Gasteiger charge is 2.31. The molecule has 0 spiro atoms. The number of nitrogens with one attached hydrogen (secondary N) is 1. The molecule has 0 radical (unpaired) electrons. The first-order valence-corrected chi connectivity index (χ1v) is 12.8. The second-order valence-corrected chi connectivity index (χ2v) is 9.91. The molecule has 1 heterocycles. The molecule has 0 bridgehead atoms. The van der Waals surface area contributed by atoms with Crippen LogP contribution in [0, 0.1) is 5.82 Å². The first-order chi connectivity index (χ1) is 16.3. The summed E-state index contributed by atoms with van der Waals surface area (Å²) in [7, 11) is -4.13. The molecule has 182 valence electrons. The van der Waals surface area contributed by atoms with Gasteiger partial charge in [0.2, 0.25) is 10.0 Å². The lowest BCUT2D eigenvalue weighted by Crippen LogP contribution is -2.49. The van der Waals surface area contributed by atoms with Gasteiger partial charge in [-0.1, -0.05) is 31.2 Å². The number of amides is 2. The molecule has 0 unspecified atom stereocenters. The zero-order chi connectivity index (χ0) is 24.7. The van der Waals surface area contributed by atoms with Gasteiger partial charge in [-0.3, -0.25) is 9.59 Å². The van der Waals surface area contributed by atoms with E-state index in [1.165, 1.54) is 12.1 Å². The average Bonchev–Trinajstić information content (AvgIpc) is 2.86. The minimum atomic E-state index is -4.13. The summed E-state index contributed by atoms with van der Waals surface area (Å²) in [5, 5.41) is 0. The fraction of sp³-hybridized carbons (Fsp3) is 0.360. The molecule has 0 aromatic heterocycles. The second-order valence-electron chi connectivity index (χ2n) is 8.17. The molecule has 1 fully saturated rings. The van der Waals surface area contributed by atoms with E-state index in [1.807, 2.05) is 25.1 Å². The van der Waals surface area contributed by atoms with Crippen LogP contribution < -0.4 is 4.72 Å². The minimum Gasteiger partial charge on any atom is -0.338 e. The van der Waals surface area contributed by atoms with Gasteiger partial charge in [-0.05, 0) is 49.6 Å². The van der Waals surface area contributed by atoms with Gasteiger partial charge in [0.1, 0.15) is 10.7 Å². The molecule has 3 rings (SSSR count). The number of sulfonamides is 1. The molecule has 0 aliphatic carbocycles. The van der Waals surface area contributed by atoms with E-state index in [0.29, 0.717) is 44.5 Å². The third-order valence-corrected chi connectivity index (χ3v) is 7.26.